The molecule has 102 valence electrons. The lowest BCUT2D eigenvalue weighted by Crippen LogP contribution is -2.36. The van der Waals surface area contributed by atoms with E-state index >= 15 is 0 Å². The fourth-order valence-electron chi connectivity index (χ4n) is 1.51. The Kier molecular flexibility index (Phi) is 5.19. The van der Waals surface area contributed by atoms with Crippen molar-refractivity contribution in [2.24, 2.45) is 0 Å². The number of nitrogens with one attached hydrogen (secondary N) is 1. The van der Waals surface area contributed by atoms with Gasteiger partial charge in [-0.05, 0) is 13.2 Å². The van der Waals surface area contributed by atoms with Crippen molar-refractivity contribution in [2.75, 3.05) is 12.0 Å². The normalized spacial score (nSPS) is 13.4. The van der Waals surface area contributed by atoms with Crippen molar-refractivity contribution in [1.29, 1.82) is 0 Å². The summed E-state index contributed by atoms with van der Waals surface area (Å²) in [7, 11) is 0. The number of carbonyl (C=O) groups excluding carboxylic acids is 1. The molecule has 0 aliphatic carbocycles. The summed E-state index contributed by atoms with van der Waals surface area (Å²) >= 11 is 1.52. The van der Waals surface area contributed by atoms with Crippen LogP contribution < -0.4 is 5.32 Å². The van der Waals surface area contributed by atoms with Gasteiger partial charge in [-0.15, -0.1) is 5.10 Å². The molecule has 5 nitrogen and oxygen atoms in total. The topological polar surface area (TPSA) is 59.8 Å². The van der Waals surface area contributed by atoms with E-state index in [0.29, 0.717) is 12.3 Å². The fraction of sp³-hybridized carbons (Fsp3) is 0.750. The predicted molar refractivity (Wildman–Crippen MR) is 74.7 cm³/mol. The fourth-order valence-corrected chi connectivity index (χ4v) is 1.85. The van der Waals surface area contributed by atoms with E-state index in [1.807, 2.05) is 19.4 Å². The summed E-state index contributed by atoms with van der Waals surface area (Å²) < 4.78 is 1.78. The maximum Gasteiger partial charge on any atom is 0.230 e. The smallest absolute Gasteiger partial charge is 0.230 e. The van der Waals surface area contributed by atoms with E-state index in [1.54, 1.807) is 4.68 Å². The van der Waals surface area contributed by atoms with E-state index in [9.17, 15) is 4.79 Å². The van der Waals surface area contributed by atoms with Gasteiger partial charge < -0.3 is 5.32 Å². The summed E-state index contributed by atoms with van der Waals surface area (Å²) in [4.78, 5) is 11.4. The number of thioether (sulfide) groups is 1. The van der Waals surface area contributed by atoms with Crippen LogP contribution in [0.15, 0.2) is 6.20 Å². The van der Waals surface area contributed by atoms with Crippen LogP contribution in [0.3, 0.4) is 0 Å². The van der Waals surface area contributed by atoms with Crippen LogP contribution >= 0.6 is 11.8 Å². The van der Waals surface area contributed by atoms with Gasteiger partial charge in [-0.25, -0.2) is 0 Å². The minimum absolute atomic E-state index is 0.00356. The Morgan fingerprint density at radius 2 is 2.22 bits per heavy atom. The maximum absolute atomic E-state index is 11.4. The summed E-state index contributed by atoms with van der Waals surface area (Å²) in [6, 6.07) is 0.0548. The molecule has 18 heavy (non-hydrogen) atoms. The maximum atomic E-state index is 11.4. The second-order valence-corrected chi connectivity index (χ2v) is 6.34. The van der Waals surface area contributed by atoms with Crippen LogP contribution in [-0.2, 0) is 16.8 Å². The van der Waals surface area contributed by atoms with Gasteiger partial charge in [-0.2, -0.15) is 11.8 Å². The van der Waals surface area contributed by atoms with E-state index in [2.05, 4.69) is 36.4 Å². The molecule has 0 aromatic carbocycles. The number of aromatic nitrogens is 3. The monoisotopic (exact) mass is 270 g/mol. The molecule has 0 aliphatic heterocycles. The van der Waals surface area contributed by atoms with Crippen molar-refractivity contribution in [3.8, 4) is 0 Å². The van der Waals surface area contributed by atoms with E-state index in [4.69, 9.17) is 0 Å². The lowest BCUT2D eigenvalue weighted by molar-refractivity contribution is -0.119. The zero-order valence-corrected chi connectivity index (χ0v) is 12.5. The minimum Gasteiger partial charge on any atom is -0.351 e. The van der Waals surface area contributed by atoms with Gasteiger partial charge in [0.15, 0.2) is 0 Å². The molecule has 0 fully saturated rings. The first kappa shape index (κ1) is 15.0. The molecular weight excluding hydrogens is 248 g/mol. The Morgan fingerprint density at radius 3 is 2.72 bits per heavy atom. The summed E-state index contributed by atoms with van der Waals surface area (Å²) in [6.45, 7) is 8.92. The highest BCUT2D eigenvalue weighted by molar-refractivity contribution is 7.99. The number of nitrogens with zero attached hydrogens (tertiary/aromatic N) is 3. The Hall–Kier alpha value is -1.04. The molecule has 1 heterocycles. The average Bonchev–Trinajstić information content (AvgIpc) is 2.65. The molecule has 1 aromatic heterocycles. The first-order valence-corrected chi connectivity index (χ1v) is 7.41. The molecule has 0 bridgehead atoms. The third-order valence-corrected chi connectivity index (χ3v) is 3.00. The highest BCUT2D eigenvalue weighted by Crippen LogP contribution is 2.18. The highest BCUT2D eigenvalue weighted by atomic mass is 32.2. The van der Waals surface area contributed by atoms with Crippen molar-refractivity contribution >= 4 is 17.7 Å². The van der Waals surface area contributed by atoms with Crippen molar-refractivity contribution in [3.05, 3.63) is 11.9 Å². The lowest BCUT2D eigenvalue weighted by atomic mass is 9.93. The SMILES string of the molecule is CSCC(=O)N[C@@H](C)Cn1cc(C(C)(C)C)nn1. The largest absolute Gasteiger partial charge is 0.351 e. The van der Waals surface area contributed by atoms with Crippen molar-refractivity contribution in [2.45, 2.75) is 45.7 Å². The van der Waals surface area contributed by atoms with E-state index in [1.165, 1.54) is 11.8 Å². The third-order valence-electron chi connectivity index (χ3n) is 2.45. The van der Waals surface area contributed by atoms with Crippen molar-refractivity contribution in [3.63, 3.8) is 0 Å². The molecule has 1 rings (SSSR count). The summed E-state index contributed by atoms with van der Waals surface area (Å²) in [5, 5.41) is 11.2. The van der Waals surface area contributed by atoms with Gasteiger partial charge in [0.2, 0.25) is 5.91 Å². The summed E-state index contributed by atoms with van der Waals surface area (Å²) in [5.41, 5.74) is 0.967. The Balaban J connectivity index is 2.52. The second kappa shape index (κ2) is 6.22. The molecule has 0 spiro atoms. The molecule has 6 heteroatoms. The molecule has 1 atom stereocenters. The number of rotatable bonds is 5. The average molecular weight is 270 g/mol. The van der Waals surface area contributed by atoms with E-state index in [-0.39, 0.29) is 17.4 Å². The van der Waals surface area contributed by atoms with Crippen LogP contribution in [0, 0.1) is 0 Å². The molecule has 1 amide bonds. The van der Waals surface area contributed by atoms with Gasteiger partial charge in [-0.1, -0.05) is 26.0 Å². The third kappa shape index (κ3) is 4.68. The van der Waals surface area contributed by atoms with Crippen LogP contribution in [0.2, 0.25) is 0 Å². The standard InChI is InChI=1S/C12H22N4OS/c1-9(13-11(17)8-18-5)6-16-7-10(14-15-16)12(2,3)4/h7,9H,6,8H2,1-5H3,(H,13,17)/t9-/m0/s1. The highest BCUT2D eigenvalue weighted by Gasteiger charge is 2.18. The Labute approximate surface area is 113 Å². The van der Waals surface area contributed by atoms with Gasteiger partial charge >= 0.3 is 0 Å². The number of amides is 1. The van der Waals surface area contributed by atoms with Crippen molar-refractivity contribution in [1.82, 2.24) is 20.3 Å². The Bertz CT molecular complexity index is 397. The molecular formula is C12H22N4OS. The van der Waals surface area contributed by atoms with Crippen LogP contribution in [0.1, 0.15) is 33.4 Å². The van der Waals surface area contributed by atoms with Crippen LogP contribution in [0.25, 0.3) is 0 Å². The van der Waals surface area contributed by atoms with Crippen LogP contribution in [-0.4, -0.2) is 39.0 Å². The summed E-state index contributed by atoms with van der Waals surface area (Å²) in [6.07, 6.45) is 3.86. The zero-order chi connectivity index (χ0) is 13.8. The van der Waals surface area contributed by atoms with Gasteiger partial charge in [-0.3, -0.25) is 9.48 Å². The quantitative estimate of drug-likeness (QED) is 0.879. The van der Waals surface area contributed by atoms with Gasteiger partial charge in [0.1, 0.15) is 0 Å². The van der Waals surface area contributed by atoms with E-state index < -0.39 is 0 Å². The van der Waals surface area contributed by atoms with Crippen LogP contribution in [0.4, 0.5) is 0 Å². The number of hydrogen-bond donors (Lipinski definition) is 1. The van der Waals surface area contributed by atoms with Gasteiger partial charge in [0.25, 0.3) is 0 Å². The molecule has 0 radical (unpaired) electrons. The van der Waals surface area contributed by atoms with Crippen LogP contribution in [0.5, 0.6) is 0 Å². The zero-order valence-electron chi connectivity index (χ0n) is 11.7. The molecule has 0 aliphatic rings. The minimum atomic E-state index is 0.00356. The lowest BCUT2D eigenvalue weighted by Gasteiger charge is -2.14. The molecule has 0 unspecified atom stereocenters. The first-order chi connectivity index (χ1) is 8.32. The number of carbonyl (C=O) groups is 1. The van der Waals surface area contributed by atoms with E-state index in [0.717, 1.165) is 5.69 Å². The van der Waals surface area contributed by atoms with Crippen molar-refractivity contribution < 1.29 is 4.79 Å². The summed E-state index contributed by atoms with van der Waals surface area (Å²) in [5.74, 6) is 0.556. The van der Waals surface area contributed by atoms with Gasteiger partial charge in [0, 0.05) is 17.7 Å². The predicted octanol–water partition coefficient (Wildman–Crippen LogP) is 1.44. The van der Waals surface area contributed by atoms with Gasteiger partial charge in [0.05, 0.1) is 18.0 Å². The second-order valence-electron chi connectivity index (χ2n) is 5.48. The first-order valence-electron chi connectivity index (χ1n) is 6.02. The number of hydrogen-bond acceptors (Lipinski definition) is 4. The molecule has 0 saturated carbocycles. The Morgan fingerprint density at radius 1 is 1.56 bits per heavy atom. The molecule has 0 saturated heterocycles. The molecule has 1 aromatic rings. The molecule has 1 N–H and O–H groups in total.